The maximum absolute atomic E-state index is 12.8. The molecule has 0 aliphatic heterocycles. The van der Waals surface area contributed by atoms with Crippen LogP contribution >= 0.6 is 0 Å². The Morgan fingerprint density at radius 1 is 1.00 bits per heavy atom. The molecule has 0 unspecified atom stereocenters. The highest BCUT2D eigenvalue weighted by Gasteiger charge is 2.22. The highest BCUT2D eigenvalue weighted by Crippen LogP contribution is 2.24. The Morgan fingerprint density at radius 3 is 2.13 bits per heavy atom. The lowest BCUT2D eigenvalue weighted by Crippen LogP contribution is -2.30. The molecule has 6 nitrogen and oxygen atoms in total. The molecule has 7 heteroatoms. The van der Waals surface area contributed by atoms with Crippen molar-refractivity contribution in [1.82, 2.24) is 4.31 Å². The smallest absolute Gasteiger partial charge is 0.243 e. The van der Waals surface area contributed by atoms with E-state index in [0.29, 0.717) is 18.8 Å². The Hall–Kier alpha value is -2.38. The summed E-state index contributed by atoms with van der Waals surface area (Å²) in [6.45, 7) is 12.8. The van der Waals surface area contributed by atoms with Gasteiger partial charge in [0.05, 0.1) is 11.4 Å². The van der Waals surface area contributed by atoms with E-state index >= 15 is 0 Å². The van der Waals surface area contributed by atoms with Gasteiger partial charge in [-0.05, 0) is 47.7 Å². The molecule has 0 saturated heterocycles. The second kappa shape index (κ2) is 9.62. The number of carbonyl (C=O) groups is 1. The minimum absolute atomic E-state index is 0.0733. The number of hydrogen-bond acceptors (Lipinski definition) is 4. The fourth-order valence-electron chi connectivity index (χ4n) is 3.07. The lowest BCUT2D eigenvalue weighted by Gasteiger charge is -2.20. The summed E-state index contributed by atoms with van der Waals surface area (Å²) in [6.07, 6.45) is 0. The van der Waals surface area contributed by atoms with Crippen LogP contribution in [0.15, 0.2) is 47.4 Å². The van der Waals surface area contributed by atoms with Crippen molar-refractivity contribution in [3.63, 3.8) is 0 Å². The number of nitrogens with zero attached hydrogens (tertiary/aromatic N) is 1. The van der Waals surface area contributed by atoms with Crippen molar-refractivity contribution >= 4 is 27.3 Å². The molecule has 2 N–H and O–H groups in total. The van der Waals surface area contributed by atoms with Gasteiger partial charge >= 0.3 is 0 Å². The maximum Gasteiger partial charge on any atom is 0.243 e. The van der Waals surface area contributed by atoms with Crippen LogP contribution in [0.2, 0.25) is 0 Å². The van der Waals surface area contributed by atoms with Crippen molar-refractivity contribution in [3.05, 3.63) is 53.6 Å². The minimum atomic E-state index is -3.58. The van der Waals surface area contributed by atoms with Crippen LogP contribution in [0, 0.1) is 6.92 Å². The van der Waals surface area contributed by atoms with E-state index in [9.17, 15) is 13.2 Å². The van der Waals surface area contributed by atoms with Gasteiger partial charge in [0.25, 0.3) is 0 Å². The van der Waals surface area contributed by atoms with Gasteiger partial charge in [0.1, 0.15) is 0 Å². The highest BCUT2D eigenvalue weighted by molar-refractivity contribution is 7.89. The third kappa shape index (κ3) is 5.83. The second-order valence-electron chi connectivity index (χ2n) is 8.30. The predicted molar refractivity (Wildman–Crippen MR) is 124 cm³/mol. The van der Waals surface area contributed by atoms with E-state index in [1.54, 1.807) is 26.0 Å². The van der Waals surface area contributed by atoms with Gasteiger partial charge in [-0.3, -0.25) is 4.79 Å². The van der Waals surface area contributed by atoms with Crippen molar-refractivity contribution in [1.29, 1.82) is 0 Å². The summed E-state index contributed by atoms with van der Waals surface area (Å²) < 4.78 is 26.9. The molecule has 0 aliphatic carbocycles. The van der Waals surface area contributed by atoms with Crippen molar-refractivity contribution in [2.75, 3.05) is 30.3 Å². The summed E-state index contributed by atoms with van der Waals surface area (Å²) in [6, 6.07) is 12.8. The summed E-state index contributed by atoms with van der Waals surface area (Å²) in [5.41, 5.74) is 3.45. The molecule has 30 heavy (non-hydrogen) atoms. The number of rotatable bonds is 8. The lowest BCUT2D eigenvalue weighted by atomic mass is 9.87. The molecule has 0 spiro atoms. The summed E-state index contributed by atoms with van der Waals surface area (Å²) in [5.74, 6) is -0.240. The molecule has 0 aliphatic rings. The molecule has 0 atom stereocenters. The fourth-order valence-corrected chi connectivity index (χ4v) is 4.56. The molecule has 2 aromatic rings. The summed E-state index contributed by atoms with van der Waals surface area (Å²) in [4.78, 5) is 12.6. The number of nitrogens with one attached hydrogen (secondary N) is 2. The van der Waals surface area contributed by atoms with Gasteiger partial charge in [0, 0.05) is 24.5 Å². The first kappa shape index (κ1) is 23.9. The second-order valence-corrected chi connectivity index (χ2v) is 10.2. The van der Waals surface area contributed by atoms with Gasteiger partial charge in [-0.15, -0.1) is 0 Å². The van der Waals surface area contributed by atoms with Crippen molar-refractivity contribution in [3.8, 4) is 0 Å². The molecule has 0 aromatic heterocycles. The number of hydrogen-bond donors (Lipinski definition) is 2. The normalized spacial score (nSPS) is 12.1. The fraction of sp³-hybridized carbons (Fsp3) is 0.435. The van der Waals surface area contributed by atoms with E-state index in [0.717, 1.165) is 11.3 Å². The van der Waals surface area contributed by atoms with Gasteiger partial charge in [0.15, 0.2) is 0 Å². The first-order valence-electron chi connectivity index (χ1n) is 10.2. The number of anilines is 2. The van der Waals surface area contributed by atoms with Crippen LogP contribution in [0.5, 0.6) is 0 Å². The Labute approximate surface area is 180 Å². The minimum Gasteiger partial charge on any atom is -0.376 e. The van der Waals surface area contributed by atoms with Crippen LogP contribution in [0.1, 0.15) is 45.7 Å². The molecular weight excluding hydrogens is 398 g/mol. The van der Waals surface area contributed by atoms with E-state index in [2.05, 4.69) is 31.4 Å². The quantitative estimate of drug-likeness (QED) is 0.650. The standard InChI is InChI=1S/C23H33N3O3S/c1-7-26(8-2)30(28,29)20-14-9-17(3)21(15-20)25-22(27)16-24-19-12-10-18(11-13-19)23(4,5)6/h9-15,24H,7-8,16H2,1-6H3,(H,25,27). The van der Waals surface area contributed by atoms with Gasteiger partial charge in [-0.1, -0.05) is 52.8 Å². The van der Waals surface area contributed by atoms with Crippen LogP contribution in [0.4, 0.5) is 11.4 Å². The zero-order valence-corrected chi connectivity index (χ0v) is 19.6. The van der Waals surface area contributed by atoms with E-state index in [4.69, 9.17) is 0 Å². The first-order valence-corrected chi connectivity index (χ1v) is 11.7. The van der Waals surface area contributed by atoms with Crippen LogP contribution in [0.3, 0.4) is 0 Å². The average Bonchev–Trinajstić information content (AvgIpc) is 2.68. The first-order chi connectivity index (χ1) is 14.0. The number of carbonyl (C=O) groups excluding carboxylic acids is 1. The van der Waals surface area contributed by atoms with E-state index in [1.165, 1.54) is 15.9 Å². The summed E-state index contributed by atoms with van der Waals surface area (Å²) in [5, 5.41) is 5.92. The maximum atomic E-state index is 12.8. The molecule has 2 rings (SSSR count). The molecule has 0 heterocycles. The Kier molecular flexibility index (Phi) is 7.66. The molecule has 0 fully saturated rings. The molecule has 1 amide bonds. The van der Waals surface area contributed by atoms with Crippen LogP contribution in [-0.2, 0) is 20.2 Å². The lowest BCUT2D eigenvalue weighted by molar-refractivity contribution is -0.114. The molecule has 0 saturated carbocycles. The zero-order chi connectivity index (χ0) is 22.5. The Bertz CT molecular complexity index is 974. The zero-order valence-electron chi connectivity index (χ0n) is 18.7. The van der Waals surface area contributed by atoms with E-state index in [-0.39, 0.29) is 22.8 Å². The highest BCUT2D eigenvalue weighted by atomic mass is 32.2. The van der Waals surface area contributed by atoms with E-state index in [1.807, 2.05) is 31.2 Å². The van der Waals surface area contributed by atoms with Gasteiger partial charge in [-0.25, -0.2) is 8.42 Å². The Morgan fingerprint density at radius 2 is 1.60 bits per heavy atom. The topological polar surface area (TPSA) is 78.5 Å². The molecule has 0 radical (unpaired) electrons. The molecule has 2 aromatic carbocycles. The Balaban J connectivity index is 2.08. The monoisotopic (exact) mass is 431 g/mol. The number of sulfonamides is 1. The van der Waals surface area contributed by atoms with Gasteiger partial charge in [-0.2, -0.15) is 4.31 Å². The largest absolute Gasteiger partial charge is 0.376 e. The number of amides is 1. The average molecular weight is 432 g/mol. The van der Waals surface area contributed by atoms with Crippen LogP contribution < -0.4 is 10.6 Å². The molecular formula is C23H33N3O3S. The summed E-state index contributed by atoms with van der Waals surface area (Å²) in [7, 11) is -3.58. The van der Waals surface area contributed by atoms with E-state index < -0.39 is 10.0 Å². The summed E-state index contributed by atoms with van der Waals surface area (Å²) >= 11 is 0. The van der Waals surface area contributed by atoms with Crippen molar-refractivity contribution in [2.24, 2.45) is 0 Å². The van der Waals surface area contributed by atoms with Crippen LogP contribution in [0.25, 0.3) is 0 Å². The molecule has 0 bridgehead atoms. The number of aryl methyl sites for hydroxylation is 1. The van der Waals surface area contributed by atoms with Crippen molar-refractivity contribution in [2.45, 2.75) is 51.9 Å². The SMILES string of the molecule is CCN(CC)S(=O)(=O)c1ccc(C)c(NC(=O)CNc2ccc(C(C)(C)C)cc2)c1. The third-order valence-corrected chi connectivity index (χ3v) is 7.08. The predicted octanol–water partition coefficient (Wildman–Crippen LogP) is 4.37. The van der Waals surface area contributed by atoms with Crippen LogP contribution in [-0.4, -0.2) is 38.3 Å². The number of benzene rings is 2. The van der Waals surface area contributed by atoms with Gasteiger partial charge < -0.3 is 10.6 Å². The molecule has 164 valence electrons. The third-order valence-electron chi connectivity index (χ3n) is 5.03. The van der Waals surface area contributed by atoms with Gasteiger partial charge in [0.2, 0.25) is 15.9 Å². The van der Waals surface area contributed by atoms with Crippen molar-refractivity contribution < 1.29 is 13.2 Å².